The van der Waals surface area contributed by atoms with Gasteiger partial charge >= 0.3 is 5.97 Å². The van der Waals surface area contributed by atoms with Crippen LogP contribution in [-0.4, -0.2) is 23.3 Å². The molecule has 1 fully saturated rings. The lowest BCUT2D eigenvalue weighted by Gasteiger charge is -2.22. The highest BCUT2D eigenvalue weighted by molar-refractivity contribution is 6.06. The Morgan fingerprint density at radius 1 is 0.861 bits per heavy atom. The Morgan fingerprint density at radius 2 is 1.61 bits per heavy atom. The molecule has 0 saturated heterocycles. The maximum atomic E-state index is 13.2. The number of carbonyl (C=O) groups is 2. The quantitative estimate of drug-likeness (QED) is 0.212. The number of hydrogen-bond acceptors (Lipinski definition) is 4. The number of pyridine rings is 1. The number of nitrogens with zero attached hydrogens (tertiary/aromatic N) is 1. The maximum Gasteiger partial charge on any atom is 0.339 e. The maximum absolute atomic E-state index is 13.2. The summed E-state index contributed by atoms with van der Waals surface area (Å²) in [5.74, 6) is -0.105. The molecule has 4 heteroatoms. The highest BCUT2D eigenvalue weighted by Gasteiger charge is 2.19. The van der Waals surface area contributed by atoms with E-state index in [0.29, 0.717) is 22.4 Å². The molecule has 1 saturated carbocycles. The summed E-state index contributed by atoms with van der Waals surface area (Å²) in [5.41, 5.74) is 6.89. The highest BCUT2D eigenvalue weighted by atomic mass is 16.5. The number of ketones is 1. The summed E-state index contributed by atoms with van der Waals surface area (Å²) in [7, 11) is 0. The van der Waals surface area contributed by atoms with Crippen LogP contribution in [0.5, 0.6) is 0 Å². The minimum Gasteiger partial charge on any atom is -0.454 e. The average Bonchev–Trinajstić information content (AvgIpc) is 2.93. The van der Waals surface area contributed by atoms with Crippen molar-refractivity contribution in [2.45, 2.75) is 51.9 Å². The summed E-state index contributed by atoms with van der Waals surface area (Å²) in [4.78, 5) is 30.6. The topological polar surface area (TPSA) is 56.3 Å². The molecule has 0 N–H and O–H groups in total. The molecule has 3 aromatic carbocycles. The van der Waals surface area contributed by atoms with Crippen molar-refractivity contribution in [1.29, 1.82) is 0 Å². The van der Waals surface area contributed by atoms with Crippen LogP contribution in [0.25, 0.3) is 22.2 Å². The van der Waals surface area contributed by atoms with E-state index in [-0.39, 0.29) is 12.4 Å². The molecular formula is C32H31NO3. The fraction of sp³-hybridized carbons (Fsp3) is 0.281. The number of para-hydroxylation sites is 1. The van der Waals surface area contributed by atoms with Crippen molar-refractivity contribution in [2.75, 3.05) is 6.61 Å². The van der Waals surface area contributed by atoms with Gasteiger partial charge < -0.3 is 4.74 Å². The van der Waals surface area contributed by atoms with Gasteiger partial charge in [-0.05, 0) is 67.5 Å². The lowest BCUT2D eigenvalue weighted by Crippen LogP contribution is -2.15. The second kappa shape index (κ2) is 10.4. The molecule has 0 atom stereocenters. The molecule has 1 heterocycles. The minimum atomic E-state index is -0.522. The number of benzene rings is 3. The number of esters is 1. The molecule has 0 spiro atoms. The van der Waals surface area contributed by atoms with E-state index >= 15 is 0 Å². The molecule has 0 aliphatic heterocycles. The van der Waals surface area contributed by atoms with Crippen molar-refractivity contribution in [2.24, 2.45) is 0 Å². The standard InChI is InChI=1S/C32H31NO3/c1-21-12-13-26(18-22(21)2)31(34)20-36-32(35)28-19-30(33-29-11-7-6-10-27(28)29)25-16-14-24(15-17-25)23-8-4-3-5-9-23/h6-7,10-19,23H,3-5,8-9,20H2,1-2H3. The van der Waals surface area contributed by atoms with Crippen molar-refractivity contribution in [3.05, 3.63) is 101 Å². The average molecular weight is 478 g/mol. The van der Waals surface area contributed by atoms with E-state index in [0.717, 1.165) is 27.9 Å². The highest BCUT2D eigenvalue weighted by Crippen LogP contribution is 2.34. The molecule has 0 bridgehead atoms. The largest absolute Gasteiger partial charge is 0.454 e. The SMILES string of the molecule is Cc1ccc(C(=O)COC(=O)c2cc(-c3ccc(C4CCCCC4)cc3)nc3ccccc23)cc1C. The summed E-state index contributed by atoms with van der Waals surface area (Å²) in [6.07, 6.45) is 6.45. The lowest BCUT2D eigenvalue weighted by atomic mass is 9.84. The molecule has 1 aliphatic rings. The van der Waals surface area contributed by atoms with E-state index < -0.39 is 5.97 Å². The van der Waals surface area contributed by atoms with Gasteiger partial charge in [-0.15, -0.1) is 0 Å². The number of Topliss-reactive ketones (excluding diaryl/α,β-unsaturated/α-hetero) is 1. The molecule has 0 amide bonds. The Morgan fingerprint density at radius 3 is 2.36 bits per heavy atom. The lowest BCUT2D eigenvalue weighted by molar-refractivity contribution is 0.0476. The molecule has 0 radical (unpaired) electrons. The zero-order chi connectivity index (χ0) is 25.1. The normalized spacial score (nSPS) is 14.1. The van der Waals surface area contributed by atoms with Gasteiger partial charge in [0.05, 0.1) is 16.8 Å². The minimum absolute atomic E-state index is 0.219. The van der Waals surface area contributed by atoms with Crippen molar-refractivity contribution in [1.82, 2.24) is 4.98 Å². The van der Waals surface area contributed by atoms with E-state index in [1.54, 1.807) is 12.1 Å². The zero-order valence-electron chi connectivity index (χ0n) is 20.9. The number of rotatable bonds is 6. The van der Waals surface area contributed by atoms with Crippen molar-refractivity contribution in [3.63, 3.8) is 0 Å². The molecule has 182 valence electrons. The van der Waals surface area contributed by atoms with Gasteiger partial charge in [-0.3, -0.25) is 4.79 Å². The van der Waals surface area contributed by atoms with Crippen LogP contribution in [0.15, 0.2) is 72.8 Å². The summed E-state index contributed by atoms with van der Waals surface area (Å²) in [5, 5.41) is 0.712. The summed E-state index contributed by atoms with van der Waals surface area (Å²) in [6.45, 7) is 3.66. The van der Waals surface area contributed by atoms with Crippen molar-refractivity contribution >= 4 is 22.7 Å². The van der Waals surface area contributed by atoms with Crippen molar-refractivity contribution < 1.29 is 14.3 Å². The number of fused-ring (bicyclic) bond motifs is 1. The molecule has 36 heavy (non-hydrogen) atoms. The van der Waals surface area contributed by atoms with Gasteiger partial charge in [-0.2, -0.15) is 0 Å². The van der Waals surface area contributed by atoms with Gasteiger partial charge in [-0.25, -0.2) is 9.78 Å². The molecule has 1 aromatic heterocycles. The third kappa shape index (κ3) is 5.08. The first-order valence-corrected chi connectivity index (χ1v) is 12.8. The molecule has 5 rings (SSSR count). The first kappa shape index (κ1) is 23.9. The van der Waals surface area contributed by atoms with Gasteiger partial charge in [0.25, 0.3) is 0 Å². The Hall–Kier alpha value is -3.79. The van der Waals surface area contributed by atoms with E-state index in [1.807, 2.05) is 50.2 Å². The number of carbonyl (C=O) groups excluding carboxylic acids is 2. The second-order valence-electron chi connectivity index (χ2n) is 9.83. The van der Waals surface area contributed by atoms with Gasteiger partial charge in [-0.1, -0.05) is 73.9 Å². The monoisotopic (exact) mass is 477 g/mol. The Labute approximate surface area is 212 Å². The van der Waals surface area contributed by atoms with Crippen LogP contribution in [0.3, 0.4) is 0 Å². The van der Waals surface area contributed by atoms with Gasteiger partial charge in [0.15, 0.2) is 12.4 Å². The van der Waals surface area contributed by atoms with Crippen molar-refractivity contribution in [3.8, 4) is 11.3 Å². The van der Waals surface area contributed by atoms with Gasteiger partial charge in [0.1, 0.15) is 0 Å². The van der Waals surface area contributed by atoms with E-state index in [4.69, 9.17) is 9.72 Å². The Kier molecular flexibility index (Phi) is 6.95. The number of aryl methyl sites for hydroxylation is 2. The Bertz CT molecular complexity index is 1420. The predicted molar refractivity (Wildman–Crippen MR) is 144 cm³/mol. The summed E-state index contributed by atoms with van der Waals surface area (Å²) < 4.78 is 5.50. The van der Waals surface area contributed by atoms with Crippen LogP contribution in [0, 0.1) is 13.8 Å². The Balaban J connectivity index is 1.39. The number of ether oxygens (including phenoxy) is 1. The van der Waals surface area contributed by atoms with Crippen LogP contribution in [0.2, 0.25) is 0 Å². The predicted octanol–water partition coefficient (Wildman–Crippen LogP) is 7.61. The first-order valence-electron chi connectivity index (χ1n) is 12.8. The number of hydrogen-bond donors (Lipinski definition) is 0. The van der Waals surface area contributed by atoms with Crippen LogP contribution in [0.1, 0.15) is 75.4 Å². The second-order valence-corrected chi connectivity index (χ2v) is 9.83. The third-order valence-electron chi connectivity index (χ3n) is 7.38. The number of aromatic nitrogens is 1. The van der Waals surface area contributed by atoms with Crippen LogP contribution >= 0.6 is 0 Å². The molecule has 4 aromatic rings. The van der Waals surface area contributed by atoms with Gasteiger partial charge in [0, 0.05) is 16.5 Å². The van der Waals surface area contributed by atoms with E-state index in [2.05, 4.69) is 24.3 Å². The van der Waals surface area contributed by atoms with E-state index in [9.17, 15) is 9.59 Å². The molecule has 0 unspecified atom stereocenters. The van der Waals surface area contributed by atoms with E-state index in [1.165, 1.54) is 37.7 Å². The zero-order valence-corrected chi connectivity index (χ0v) is 20.9. The molecule has 1 aliphatic carbocycles. The van der Waals surface area contributed by atoms with Crippen LogP contribution in [0.4, 0.5) is 0 Å². The third-order valence-corrected chi connectivity index (χ3v) is 7.38. The van der Waals surface area contributed by atoms with Crippen LogP contribution in [-0.2, 0) is 4.74 Å². The summed E-state index contributed by atoms with van der Waals surface area (Å²) in [6, 6.07) is 23.4. The summed E-state index contributed by atoms with van der Waals surface area (Å²) >= 11 is 0. The fourth-order valence-electron chi connectivity index (χ4n) is 5.06. The molecular weight excluding hydrogens is 446 g/mol. The van der Waals surface area contributed by atoms with Crippen LogP contribution < -0.4 is 0 Å². The molecule has 4 nitrogen and oxygen atoms in total. The fourth-order valence-corrected chi connectivity index (χ4v) is 5.06. The smallest absolute Gasteiger partial charge is 0.339 e. The van der Waals surface area contributed by atoms with Gasteiger partial charge in [0.2, 0.25) is 0 Å². The first-order chi connectivity index (χ1) is 17.5.